The van der Waals surface area contributed by atoms with Crippen molar-refractivity contribution in [3.63, 3.8) is 0 Å². The molecule has 1 heterocycles. The summed E-state index contributed by atoms with van der Waals surface area (Å²) < 4.78 is 34.6. The van der Waals surface area contributed by atoms with Crippen LogP contribution in [0.1, 0.15) is 51.1 Å². The summed E-state index contributed by atoms with van der Waals surface area (Å²) in [5, 5.41) is 11.4. The number of benzene rings is 2. The lowest BCUT2D eigenvalue weighted by Gasteiger charge is -2.16. The Hall–Kier alpha value is -2.94. The van der Waals surface area contributed by atoms with Crippen LogP contribution in [0, 0.1) is 11.6 Å². The number of nitrogens with one attached hydrogen (secondary N) is 1. The summed E-state index contributed by atoms with van der Waals surface area (Å²) in [5.74, 6) is -0.125. The summed E-state index contributed by atoms with van der Waals surface area (Å²) in [6, 6.07) is 11.0. The van der Waals surface area contributed by atoms with Crippen LogP contribution in [0.3, 0.4) is 0 Å². The third-order valence-electron chi connectivity index (χ3n) is 4.82. The van der Waals surface area contributed by atoms with Crippen molar-refractivity contribution in [1.29, 1.82) is 0 Å². The van der Waals surface area contributed by atoms with Crippen LogP contribution < -0.4 is 10.1 Å². The highest BCUT2D eigenvalue weighted by atomic mass is 32.2. The predicted molar refractivity (Wildman–Crippen MR) is 121 cm³/mol. The topological polar surface area (TPSA) is 69.0 Å². The average molecular weight is 461 g/mol. The van der Waals surface area contributed by atoms with E-state index >= 15 is 0 Å². The molecule has 1 atom stereocenters. The van der Waals surface area contributed by atoms with Gasteiger partial charge in [0.05, 0.1) is 11.4 Å². The maximum Gasteiger partial charge on any atom is 0.234 e. The fourth-order valence-electron chi connectivity index (χ4n) is 3.10. The number of rotatable bonds is 9. The number of anilines is 1. The van der Waals surface area contributed by atoms with Gasteiger partial charge in [0.25, 0.3) is 0 Å². The van der Waals surface area contributed by atoms with E-state index in [4.69, 9.17) is 4.74 Å². The lowest BCUT2D eigenvalue weighted by Crippen LogP contribution is -2.16. The summed E-state index contributed by atoms with van der Waals surface area (Å²) in [6.45, 7) is 8.72. The van der Waals surface area contributed by atoms with Crippen LogP contribution >= 0.6 is 11.8 Å². The number of amides is 1. The molecule has 170 valence electrons. The van der Waals surface area contributed by atoms with Crippen LogP contribution in [-0.4, -0.2) is 26.4 Å². The highest BCUT2D eigenvalue weighted by Gasteiger charge is 2.20. The molecule has 6 nitrogen and oxygen atoms in total. The van der Waals surface area contributed by atoms with Gasteiger partial charge in [0.1, 0.15) is 17.4 Å². The van der Waals surface area contributed by atoms with Crippen LogP contribution in [0.25, 0.3) is 0 Å². The van der Waals surface area contributed by atoms with Crippen molar-refractivity contribution < 1.29 is 18.3 Å². The maximum atomic E-state index is 13.7. The number of aromatic nitrogens is 3. The first-order valence-electron chi connectivity index (χ1n) is 10.4. The molecule has 1 aromatic heterocycles. The van der Waals surface area contributed by atoms with E-state index in [9.17, 15) is 13.6 Å². The molecule has 0 aliphatic carbocycles. The van der Waals surface area contributed by atoms with E-state index in [1.54, 1.807) is 0 Å². The van der Waals surface area contributed by atoms with Crippen LogP contribution in [0.4, 0.5) is 14.5 Å². The van der Waals surface area contributed by atoms with Gasteiger partial charge < -0.3 is 14.6 Å². The van der Waals surface area contributed by atoms with Crippen molar-refractivity contribution in [2.45, 2.75) is 51.4 Å². The number of nitrogens with zero attached hydrogens (tertiary/aromatic N) is 3. The fraction of sp³-hybridized carbons (Fsp3) is 0.348. The molecule has 0 radical (unpaired) electrons. The molecule has 2 aromatic carbocycles. The summed E-state index contributed by atoms with van der Waals surface area (Å²) >= 11 is 1.18. The first-order chi connectivity index (χ1) is 15.3. The Morgan fingerprint density at radius 3 is 2.47 bits per heavy atom. The minimum absolute atomic E-state index is 0.000845. The first-order valence-corrected chi connectivity index (χ1v) is 11.3. The predicted octanol–water partition coefficient (Wildman–Crippen LogP) is 5.57. The zero-order valence-corrected chi connectivity index (χ0v) is 19.2. The normalized spacial score (nSPS) is 12.1. The van der Waals surface area contributed by atoms with E-state index in [1.165, 1.54) is 23.4 Å². The Bertz CT molecular complexity index is 1070. The quantitative estimate of drug-likeness (QED) is 0.423. The molecule has 0 saturated carbocycles. The molecule has 3 aromatic rings. The Kier molecular flexibility index (Phi) is 7.84. The molecule has 32 heavy (non-hydrogen) atoms. The molecule has 1 unspecified atom stereocenters. The summed E-state index contributed by atoms with van der Waals surface area (Å²) in [5.41, 5.74) is 1.17. The Morgan fingerprint density at radius 1 is 1.12 bits per heavy atom. The molecular formula is C23H26F2N4O2S. The molecule has 0 saturated heterocycles. The molecule has 1 N–H and O–H groups in total. The number of ether oxygens (including phenoxy) is 1. The van der Waals surface area contributed by atoms with E-state index in [2.05, 4.69) is 29.4 Å². The van der Waals surface area contributed by atoms with Crippen LogP contribution in [0.2, 0.25) is 0 Å². The Morgan fingerprint density at radius 2 is 1.84 bits per heavy atom. The molecule has 3 rings (SSSR count). The van der Waals surface area contributed by atoms with Gasteiger partial charge in [0, 0.05) is 12.6 Å². The van der Waals surface area contributed by atoms with E-state index in [1.807, 2.05) is 42.7 Å². The number of halogens is 2. The number of carbonyl (C=O) groups excluding carboxylic acids is 1. The maximum absolute atomic E-state index is 13.7. The highest BCUT2D eigenvalue weighted by molar-refractivity contribution is 7.99. The zero-order chi connectivity index (χ0) is 23.3. The van der Waals surface area contributed by atoms with Crippen LogP contribution in [0.5, 0.6) is 5.75 Å². The standard InChI is InChI=1S/C23H26F2N4O2S/c1-5-29-22(15(4)31-18-9-6-16(7-10-18)14(2)3)27-28-23(29)32-13-21(30)26-20-11-8-17(24)12-19(20)25/h6-12,14-15H,5,13H2,1-4H3,(H,26,30). The van der Waals surface area contributed by atoms with E-state index < -0.39 is 17.5 Å². The van der Waals surface area contributed by atoms with Gasteiger partial charge >= 0.3 is 0 Å². The van der Waals surface area contributed by atoms with Gasteiger partial charge in [-0.2, -0.15) is 0 Å². The molecule has 0 bridgehead atoms. The molecular weight excluding hydrogens is 434 g/mol. The highest BCUT2D eigenvalue weighted by Crippen LogP contribution is 2.26. The third kappa shape index (κ3) is 5.85. The van der Waals surface area contributed by atoms with E-state index in [0.29, 0.717) is 23.4 Å². The Labute approximate surface area is 190 Å². The van der Waals surface area contributed by atoms with Gasteiger partial charge in [-0.3, -0.25) is 4.79 Å². The number of hydrogen-bond donors (Lipinski definition) is 1. The summed E-state index contributed by atoms with van der Waals surface area (Å²) in [6.07, 6.45) is -0.344. The minimum Gasteiger partial charge on any atom is -0.483 e. The monoisotopic (exact) mass is 460 g/mol. The van der Waals surface area contributed by atoms with Crippen molar-refractivity contribution in [3.05, 3.63) is 65.5 Å². The fourth-order valence-corrected chi connectivity index (χ4v) is 3.91. The van der Waals surface area contributed by atoms with Crippen molar-refractivity contribution >= 4 is 23.4 Å². The zero-order valence-electron chi connectivity index (χ0n) is 18.4. The Balaban J connectivity index is 1.62. The van der Waals surface area contributed by atoms with Gasteiger partial charge in [0.15, 0.2) is 17.1 Å². The lowest BCUT2D eigenvalue weighted by atomic mass is 10.0. The largest absolute Gasteiger partial charge is 0.483 e. The second-order valence-electron chi connectivity index (χ2n) is 7.53. The van der Waals surface area contributed by atoms with Crippen molar-refractivity contribution in [3.8, 4) is 5.75 Å². The number of thioether (sulfide) groups is 1. The van der Waals surface area contributed by atoms with Crippen molar-refractivity contribution in [1.82, 2.24) is 14.8 Å². The first kappa shape index (κ1) is 23.7. The number of hydrogen-bond acceptors (Lipinski definition) is 5. The molecule has 0 spiro atoms. The van der Waals surface area contributed by atoms with E-state index in [0.717, 1.165) is 17.9 Å². The van der Waals surface area contributed by atoms with Crippen molar-refractivity contribution in [2.75, 3.05) is 11.1 Å². The van der Waals surface area contributed by atoms with Crippen molar-refractivity contribution in [2.24, 2.45) is 0 Å². The molecule has 9 heteroatoms. The smallest absolute Gasteiger partial charge is 0.234 e. The SMILES string of the molecule is CCn1c(SCC(=O)Nc2ccc(F)cc2F)nnc1C(C)Oc1ccc(C(C)C)cc1. The minimum atomic E-state index is -0.824. The second-order valence-corrected chi connectivity index (χ2v) is 8.47. The number of carbonyl (C=O) groups is 1. The van der Waals surface area contributed by atoms with Crippen LogP contribution in [0.15, 0.2) is 47.6 Å². The molecule has 0 fully saturated rings. The average Bonchev–Trinajstić information content (AvgIpc) is 3.17. The molecule has 0 aliphatic heterocycles. The van der Waals surface area contributed by atoms with Crippen LogP contribution in [-0.2, 0) is 11.3 Å². The summed E-state index contributed by atoms with van der Waals surface area (Å²) in [4.78, 5) is 12.2. The van der Waals surface area contributed by atoms with E-state index in [-0.39, 0.29) is 17.5 Å². The second kappa shape index (κ2) is 10.6. The van der Waals surface area contributed by atoms with Gasteiger partial charge in [0.2, 0.25) is 5.91 Å². The van der Waals surface area contributed by atoms with Gasteiger partial charge in [-0.15, -0.1) is 10.2 Å². The van der Waals surface area contributed by atoms with Gasteiger partial charge in [-0.05, 0) is 49.6 Å². The van der Waals surface area contributed by atoms with Gasteiger partial charge in [-0.1, -0.05) is 37.7 Å². The molecule has 0 aliphatic rings. The van der Waals surface area contributed by atoms with Gasteiger partial charge in [-0.25, -0.2) is 8.78 Å². The lowest BCUT2D eigenvalue weighted by molar-refractivity contribution is -0.113. The molecule has 1 amide bonds. The third-order valence-corrected chi connectivity index (χ3v) is 5.79. The summed E-state index contributed by atoms with van der Waals surface area (Å²) in [7, 11) is 0.